The average molecular weight is 571 g/mol. The summed E-state index contributed by atoms with van der Waals surface area (Å²) in [5.41, 5.74) is 6.66. The van der Waals surface area contributed by atoms with Crippen LogP contribution in [0.5, 0.6) is 0 Å². The molecule has 2 atom stereocenters. The molecule has 0 aliphatic heterocycles. The van der Waals surface area contributed by atoms with E-state index in [1.165, 1.54) is 4.90 Å². The minimum atomic E-state index is -0.887. The Kier molecular flexibility index (Phi) is 11.1. The van der Waals surface area contributed by atoms with E-state index in [1.54, 1.807) is 13.2 Å². The van der Waals surface area contributed by atoms with Crippen molar-refractivity contribution in [1.29, 1.82) is 0 Å². The van der Waals surface area contributed by atoms with E-state index in [9.17, 15) is 23.5 Å². The quantitative estimate of drug-likeness (QED) is 0.234. The van der Waals surface area contributed by atoms with Crippen LogP contribution in [-0.2, 0) is 16.1 Å². The van der Waals surface area contributed by atoms with Gasteiger partial charge in [-0.3, -0.25) is 9.59 Å². The third-order valence-electron chi connectivity index (χ3n) is 6.73. The Morgan fingerprint density at radius 1 is 1.12 bits per heavy atom. The van der Waals surface area contributed by atoms with Crippen molar-refractivity contribution in [2.24, 2.45) is 11.1 Å². The number of benzene rings is 2. The second kappa shape index (κ2) is 14.3. The molecule has 5 N–H and O–H groups in total. The van der Waals surface area contributed by atoms with Crippen LogP contribution in [0.2, 0.25) is 0 Å². The van der Waals surface area contributed by atoms with E-state index in [1.807, 2.05) is 55.7 Å². The van der Waals surface area contributed by atoms with E-state index in [-0.39, 0.29) is 30.1 Å². The molecule has 0 fully saturated rings. The van der Waals surface area contributed by atoms with Gasteiger partial charge in [0.05, 0.1) is 17.8 Å². The number of carbonyl (C=O) groups excluding carboxylic acids is 2. The van der Waals surface area contributed by atoms with Crippen molar-refractivity contribution in [3.63, 3.8) is 0 Å². The molecule has 11 heteroatoms. The molecule has 0 radical (unpaired) electrons. The highest BCUT2D eigenvalue weighted by atomic mass is 19.1. The fourth-order valence-electron chi connectivity index (χ4n) is 4.71. The molecule has 9 nitrogen and oxygen atoms in total. The van der Waals surface area contributed by atoms with E-state index in [4.69, 9.17) is 10.7 Å². The largest absolute Gasteiger partial charge is 0.387 e. The molecule has 1 heterocycles. The van der Waals surface area contributed by atoms with Crippen LogP contribution in [0.15, 0.2) is 54.7 Å². The molecule has 0 saturated carbocycles. The van der Waals surface area contributed by atoms with Gasteiger partial charge in [-0.15, -0.1) is 0 Å². The molecule has 3 rings (SSSR count). The molecule has 2 aromatic carbocycles. The number of nitrogens with one attached hydrogen (secondary N) is 2. The molecule has 0 bridgehead atoms. The van der Waals surface area contributed by atoms with Gasteiger partial charge >= 0.3 is 0 Å². The number of carbonyl (C=O) groups is 2. The third-order valence-corrected chi connectivity index (χ3v) is 6.73. The van der Waals surface area contributed by atoms with Crippen molar-refractivity contribution in [3.05, 3.63) is 77.8 Å². The predicted octanol–water partition coefficient (Wildman–Crippen LogP) is 2.84. The zero-order chi connectivity index (χ0) is 30.2. The number of aromatic nitrogens is 2. The van der Waals surface area contributed by atoms with E-state index in [0.717, 1.165) is 23.8 Å². The average Bonchev–Trinajstić information content (AvgIpc) is 3.33. The van der Waals surface area contributed by atoms with Crippen LogP contribution in [0.4, 0.5) is 8.78 Å². The highest BCUT2D eigenvalue weighted by Gasteiger charge is 2.38. The predicted molar refractivity (Wildman–Crippen MR) is 154 cm³/mol. The molecular weight excluding hydrogens is 530 g/mol. The Morgan fingerprint density at radius 2 is 1.83 bits per heavy atom. The van der Waals surface area contributed by atoms with Crippen molar-refractivity contribution < 1.29 is 23.5 Å². The highest BCUT2D eigenvalue weighted by Crippen LogP contribution is 2.39. The molecule has 2 amide bonds. The first-order valence-corrected chi connectivity index (χ1v) is 13.6. The molecule has 0 unspecified atom stereocenters. The van der Waals surface area contributed by atoms with Gasteiger partial charge in [-0.2, -0.15) is 0 Å². The van der Waals surface area contributed by atoms with Gasteiger partial charge in [0.1, 0.15) is 24.1 Å². The van der Waals surface area contributed by atoms with Crippen molar-refractivity contribution >= 4 is 11.8 Å². The molecule has 0 spiro atoms. The van der Waals surface area contributed by atoms with Crippen LogP contribution in [0.1, 0.15) is 44.6 Å². The number of nitrogens with two attached hydrogens (primary N) is 1. The summed E-state index contributed by atoms with van der Waals surface area (Å²) in [4.78, 5) is 31.9. The third kappa shape index (κ3) is 8.42. The van der Waals surface area contributed by atoms with Gasteiger partial charge in [0.2, 0.25) is 11.8 Å². The number of hydrogen-bond acceptors (Lipinski definition) is 6. The number of halogens is 2. The van der Waals surface area contributed by atoms with E-state index in [0.29, 0.717) is 25.5 Å². The number of amides is 2. The van der Waals surface area contributed by atoms with Crippen LogP contribution in [0, 0.1) is 17.0 Å². The van der Waals surface area contributed by atoms with Crippen LogP contribution < -0.4 is 16.4 Å². The van der Waals surface area contributed by atoms with E-state index >= 15 is 0 Å². The summed E-state index contributed by atoms with van der Waals surface area (Å²) in [7, 11) is 1.77. The lowest BCUT2D eigenvalue weighted by molar-refractivity contribution is -0.140. The summed E-state index contributed by atoms with van der Waals surface area (Å²) in [6.45, 7) is 6.39. The maximum atomic E-state index is 14.8. The Hall–Kier alpha value is -3.67. The summed E-state index contributed by atoms with van der Waals surface area (Å²) in [5, 5.41) is 15.6. The number of aliphatic hydroxyl groups is 1. The highest BCUT2D eigenvalue weighted by molar-refractivity contribution is 5.81. The molecule has 0 aliphatic carbocycles. The van der Waals surface area contributed by atoms with Crippen molar-refractivity contribution in [3.8, 4) is 11.3 Å². The summed E-state index contributed by atoms with van der Waals surface area (Å²) in [6.07, 6.45) is 1.77. The zero-order valence-electron chi connectivity index (χ0n) is 24.0. The molecule has 222 valence electrons. The number of imidazole rings is 1. The summed E-state index contributed by atoms with van der Waals surface area (Å²) in [5.74, 6) is -1.73. The summed E-state index contributed by atoms with van der Waals surface area (Å²) < 4.78 is 30.8. The monoisotopic (exact) mass is 570 g/mol. The topological polar surface area (TPSA) is 126 Å². The second-order valence-electron chi connectivity index (χ2n) is 11.0. The van der Waals surface area contributed by atoms with Crippen LogP contribution >= 0.6 is 0 Å². The number of hydrogen-bond donors (Lipinski definition) is 4. The van der Waals surface area contributed by atoms with E-state index < -0.39 is 41.6 Å². The van der Waals surface area contributed by atoms with Crippen molar-refractivity contribution in [2.45, 2.75) is 45.8 Å². The van der Waals surface area contributed by atoms with Gasteiger partial charge in [-0.25, -0.2) is 13.8 Å². The van der Waals surface area contributed by atoms with Gasteiger partial charge in [-0.05, 0) is 42.6 Å². The lowest BCUT2D eigenvalue weighted by Crippen LogP contribution is -2.48. The van der Waals surface area contributed by atoms with Crippen molar-refractivity contribution in [2.75, 3.05) is 33.3 Å². The Balaban J connectivity index is 2.07. The van der Waals surface area contributed by atoms with Crippen LogP contribution in [-0.4, -0.2) is 70.7 Å². The fourth-order valence-corrected chi connectivity index (χ4v) is 4.71. The van der Waals surface area contributed by atoms with Gasteiger partial charge in [-0.1, -0.05) is 51.1 Å². The first kappa shape index (κ1) is 31.9. The molecule has 3 aromatic rings. The van der Waals surface area contributed by atoms with Gasteiger partial charge in [0.25, 0.3) is 0 Å². The SMILES string of the molecule is CNCCNC(=O)[C@@H](N)CCN(C(=O)CO)[C@@H](c1nc(-c2cc(F)ccc2F)cn1Cc1ccccc1)C(C)(C)C. The lowest BCUT2D eigenvalue weighted by atomic mass is 9.84. The molecular formula is C30H40F2N6O3. The number of rotatable bonds is 13. The normalized spacial score (nSPS) is 13.1. The minimum absolute atomic E-state index is 0.00832. The van der Waals surface area contributed by atoms with Crippen molar-refractivity contribution in [1.82, 2.24) is 25.1 Å². The van der Waals surface area contributed by atoms with Gasteiger partial charge in [0, 0.05) is 37.9 Å². The number of aliphatic hydroxyl groups excluding tert-OH is 1. The molecule has 1 aromatic heterocycles. The first-order chi connectivity index (χ1) is 19.5. The fraction of sp³-hybridized carbons (Fsp3) is 0.433. The maximum absolute atomic E-state index is 14.8. The van der Waals surface area contributed by atoms with Crippen LogP contribution in [0.3, 0.4) is 0 Å². The lowest BCUT2D eigenvalue weighted by Gasteiger charge is -2.40. The van der Waals surface area contributed by atoms with E-state index in [2.05, 4.69) is 10.6 Å². The number of nitrogens with zero attached hydrogens (tertiary/aromatic N) is 3. The molecule has 0 saturated heterocycles. The summed E-state index contributed by atoms with van der Waals surface area (Å²) in [6, 6.07) is 11.1. The second-order valence-corrected chi connectivity index (χ2v) is 11.0. The standard InChI is InChI=1S/C30H40F2N6O3/c1-30(2,3)27(38(26(40)19-39)15-12-24(33)29(41)35-14-13-34-4)28-36-25(22-16-21(31)10-11-23(22)32)18-37(28)17-20-8-6-5-7-9-20/h5-11,16,18,24,27,34,39H,12-15,17,19,33H2,1-4H3,(H,35,41)/t24-,27-/m0/s1. The smallest absolute Gasteiger partial charge is 0.248 e. The minimum Gasteiger partial charge on any atom is -0.387 e. The Labute approximate surface area is 239 Å². The van der Waals surface area contributed by atoms with Crippen LogP contribution in [0.25, 0.3) is 11.3 Å². The summed E-state index contributed by atoms with van der Waals surface area (Å²) >= 11 is 0. The van der Waals surface area contributed by atoms with Gasteiger partial charge in [0.15, 0.2) is 0 Å². The zero-order valence-corrected chi connectivity index (χ0v) is 24.0. The number of likely N-dealkylation sites (N-methyl/N-ethyl adjacent to an activating group) is 1. The Morgan fingerprint density at radius 3 is 2.46 bits per heavy atom. The molecule has 0 aliphatic rings. The first-order valence-electron chi connectivity index (χ1n) is 13.6. The van der Waals surface area contributed by atoms with Gasteiger partial charge < -0.3 is 30.9 Å². The maximum Gasteiger partial charge on any atom is 0.248 e. The molecule has 41 heavy (non-hydrogen) atoms. The Bertz CT molecular complexity index is 1310.